The summed E-state index contributed by atoms with van der Waals surface area (Å²) in [6.45, 7) is 2.14. The molecule has 1 N–H and O–H groups in total. The van der Waals surface area contributed by atoms with E-state index in [0.717, 1.165) is 32.5 Å². The fraction of sp³-hybridized carbons (Fsp3) is 0.286. The summed E-state index contributed by atoms with van der Waals surface area (Å²) in [4.78, 5) is 0. The lowest BCUT2D eigenvalue weighted by atomic mass is 10.2. The van der Waals surface area contributed by atoms with E-state index in [9.17, 15) is 0 Å². The highest BCUT2D eigenvalue weighted by atomic mass is 79.9. The minimum absolute atomic E-state index is 0.414. The molecule has 0 spiro atoms. The minimum atomic E-state index is 0.414. The van der Waals surface area contributed by atoms with Crippen LogP contribution in [0.15, 0.2) is 43.7 Å². The molecule has 1 heterocycles. The topological polar surface area (TPSA) is 25.2 Å². The molecule has 0 saturated carbocycles. The first kappa shape index (κ1) is 13.8. The molecule has 0 bridgehead atoms. The summed E-state index contributed by atoms with van der Waals surface area (Å²) >= 11 is 7.00. The van der Waals surface area contributed by atoms with E-state index >= 15 is 0 Å². The third-order valence-electron chi connectivity index (χ3n) is 2.86. The second-order valence-corrected chi connectivity index (χ2v) is 6.05. The molecule has 4 heteroatoms. The van der Waals surface area contributed by atoms with Crippen molar-refractivity contribution >= 4 is 31.9 Å². The first-order chi connectivity index (χ1) is 8.60. The van der Waals surface area contributed by atoms with Crippen molar-refractivity contribution in [1.29, 1.82) is 0 Å². The second kappa shape index (κ2) is 6.04. The maximum Gasteiger partial charge on any atom is 0.135 e. The molecule has 1 unspecified atom stereocenters. The van der Waals surface area contributed by atoms with E-state index < -0.39 is 0 Å². The van der Waals surface area contributed by atoms with Crippen molar-refractivity contribution in [3.05, 3.63) is 45.0 Å². The highest BCUT2D eigenvalue weighted by molar-refractivity contribution is 9.11. The number of nitrogens with one attached hydrogen (secondary N) is 1. The third-order valence-corrected chi connectivity index (χ3v) is 4.01. The predicted molar refractivity (Wildman–Crippen MR) is 81.8 cm³/mol. The zero-order chi connectivity index (χ0) is 13.1. The van der Waals surface area contributed by atoms with Gasteiger partial charge in [0.15, 0.2) is 0 Å². The summed E-state index contributed by atoms with van der Waals surface area (Å²) in [5, 5.41) is 3.21. The number of likely N-dealkylation sites (N-methyl/N-ethyl adjacent to an activating group) is 1. The average molecular weight is 373 g/mol. The van der Waals surface area contributed by atoms with Crippen molar-refractivity contribution in [3.63, 3.8) is 0 Å². The van der Waals surface area contributed by atoms with Gasteiger partial charge in [-0.15, -0.1) is 0 Å². The Kier molecular flexibility index (Phi) is 4.65. The van der Waals surface area contributed by atoms with Gasteiger partial charge in [0.25, 0.3) is 0 Å². The smallest absolute Gasteiger partial charge is 0.135 e. The summed E-state index contributed by atoms with van der Waals surface area (Å²) in [5.74, 6) is 1.90. The molecule has 0 aliphatic rings. The molecule has 0 aliphatic heterocycles. The SMILES string of the molecule is CNC(C)Cc1ccc(-c2ccc(Br)cc2Br)o1. The highest BCUT2D eigenvalue weighted by Crippen LogP contribution is 2.32. The van der Waals surface area contributed by atoms with Crippen LogP contribution < -0.4 is 5.32 Å². The summed E-state index contributed by atoms with van der Waals surface area (Å²) in [6, 6.07) is 10.5. The van der Waals surface area contributed by atoms with Crippen LogP contribution in [-0.4, -0.2) is 13.1 Å². The lowest BCUT2D eigenvalue weighted by molar-refractivity contribution is 0.481. The van der Waals surface area contributed by atoms with Gasteiger partial charge in [-0.3, -0.25) is 0 Å². The maximum absolute atomic E-state index is 5.88. The van der Waals surface area contributed by atoms with Gasteiger partial charge in [0.05, 0.1) is 0 Å². The molecular weight excluding hydrogens is 358 g/mol. The molecule has 2 nitrogen and oxygen atoms in total. The molecule has 0 fully saturated rings. The quantitative estimate of drug-likeness (QED) is 0.846. The van der Waals surface area contributed by atoms with E-state index in [1.54, 1.807) is 0 Å². The van der Waals surface area contributed by atoms with Crippen molar-refractivity contribution in [1.82, 2.24) is 5.32 Å². The van der Waals surface area contributed by atoms with Crippen molar-refractivity contribution in [2.24, 2.45) is 0 Å². The number of hydrogen-bond donors (Lipinski definition) is 1. The molecule has 0 aliphatic carbocycles. The van der Waals surface area contributed by atoms with Crippen molar-refractivity contribution in [2.45, 2.75) is 19.4 Å². The molecule has 0 radical (unpaired) electrons. The molecule has 18 heavy (non-hydrogen) atoms. The number of halogens is 2. The summed E-state index contributed by atoms with van der Waals surface area (Å²) in [5.41, 5.74) is 1.07. The normalized spacial score (nSPS) is 12.7. The van der Waals surface area contributed by atoms with Crippen molar-refractivity contribution in [3.8, 4) is 11.3 Å². The van der Waals surface area contributed by atoms with Gasteiger partial charge in [0, 0.05) is 27.0 Å². The largest absolute Gasteiger partial charge is 0.461 e. The number of hydrogen-bond acceptors (Lipinski definition) is 2. The molecule has 1 aromatic heterocycles. The van der Waals surface area contributed by atoms with Crippen LogP contribution in [0.4, 0.5) is 0 Å². The fourth-order valence-electron chi connectivity index (χ4n) is 1.73. The monoisotopic (exact) mass is 371 g/mol. The van der Waals surface area contributed by atoms with Gasteiger partial charge in [-0.25, -0.2) is 0 Å². The van der Waals surface area contributed by atoms with E-state index in [1.807, 2.05) is 37.4 Å². The van der Waals surface area contributed by atoms with E-state index in [-0.39, 0.29) is 0 Å². The summed E-state index contributed by atoms with van der Waals surface area (Å²) in [7, 11) is 1.96. The Bertz CT molecular complexity index is 536. The lowest BCUT2D eigenvalue weighted by Gasteiger charge is -2.07. The van der Waals surface area contributed by atoms with Crippen molar-refractivity contribution < 1.29 is 4.42 Å². The molecule has 0 saturated heterocycles. The van der Waals surface area contributed by atoms with Gasteiger partial charge in [0.1, 0.15) is 11.5 Å². The van der Waals surface area contributed by atoms with Crippen LogP contribution >= 0.6 is 31.9 Å². The lowest BCUT2D eigenvalue weighted by Crippen LogP contribution is -2.23. The Balaban J connectivity index is 2.24. The van der Waals surface area contributed by atoms with Gasteiger partial charge in [-0.2, -0.15) is 0 Å². The van der Waals surface area contributed by atoms with Gasteiger partial charge in [-0.1, -0.05) is 15.9 Å². The van der Waals surface area contributed by atoms with E-state index in [1.165, 1.54) is 0 Å². The van der Waals surface area contributed by atoms with E-state index in [4.69, 9.17) is 4.42 Å². The van der Waals surface area contributed by atoms with Crippen molar-refractivity contribution in [2.75, 3.05) is 7.05 Å². The van der Waals surface area contributed by atoms with Crippen LogP contribution in [0.5, 0.6) is 0 Å². The zero-order valence-electron chi connectivity index (χ0n) is 10.3. The average Bonchev–Trinajstić information content (AvgIpc) is 2.77. The number of rotatable bonds is 4. The maximum atomic E-state index is 5.88. The van der Waals surface area contributed by atoms with Gasteiger partial charge < -0.3 is 9.73 Å². The molecule has 2 aromatic rings. The minimum Gasteiger partial charge on any atom is -0.461 e. The number of benzene rings is 1. The van der Waals surface area contributed by atoms with E-state index in [2.05, 4.69) is 44.1 Å². The highest BCUT2D eigenvalue weighted by Gasteiger charge is 2.10. The van der Waals surface area contributed by atoms with Crippen LogP contribution in [0, 0.1) is 0 Å². The first-order valence-electron chi connectivity index (χ1n) is 5.81. The van der Waals surface area contributed by atoms with Gasteiger partial charge in [0.2, 0.25) is 0 Å². The van der Waals surface area contributed by atoms with Crippen LogP contribution in [0.2, 0.25) is 0 Å². The van der Waals surface area contributed by atoms with Crippen LogP contribution in [0.1, 0.15) is 12.7 Å². The Morgan fingerprint density at radius 1 is 1.22 bits per heavy atom. The van der Waals surface area contributed by atoms with Gasteiger partial charge in [-0.05, 0) is 60.2 Å². The molecular formula is C14H15Br2NO. The Morgan fingerprint density at radius 2 is 2.00 bits per heavy atom. The fourth-order valence-corrected chi connectivity index (χ4v) is 2.97. The summed E-state index contributed by atoms with van der Waals surface area (Å²) < 4.78 is 7.95. The summed E-state index contributed by atoms with van der Waals surface area (Å²) in [6.07, 6.45) is 0.893. The number of furan rings is 1. The molecule has 96 valence electrons. The standard InChI is InChI=1S/C14H15Br2NO/c1-9(17-2)7-11-4-6-14(18-11)12-5-3-10(15)8-13(12)16/h3-6,8-9,17H,7H2,1-2H3. The molecule has 1 aromatic carbocycles. The zero-order valence-corrected chi connectivity index (χ0v) is 13.5. The molecule has 1 atom stereocenters. The van der Waals surface area contributed by atoms with E-state index in [0.29, 0.717) is 6.04 Å². The third kappa shape index (κ3) is 3.25. The second-order valence-electron chi connectivity index (χ2n) is 4.28. The Labute approximate surface area is 124 Å². The first-order valence-corrected chi connectivity index (χ1v) is 7.40. The predicted octanol–water partition coefficient (Wildman–Crippen LogP) is 4.62. The molecule has 2 rings (SSSR count). The Hall–Kier alpha value is -0.580. The molecule has 0 amide bonds. The van der Waals surface area contributed by atoms with Crippen LogP contribution in [0.3, 0.4) is 0 Å². The Morgan fingerprint density at radius 3 is 2.67 bits per heavy atom. The van der Waals surface area contributed by atoms with Crippen LogP contribution in [0.25, 0.3) is 11.3 Å². The van der Waals surface area contributed by atoms with Crippen LogP contribution in [-0.2, 0) is 6.42 Å². The van der Waals surface area contributed by atoms with Gasteiger partial charge >= 0.3 is 0 Å².